The molecular formula is C19H27NO5S. The summed E-state index contributed by atoms with van der Waals surface area (Å²) in [5.41, 5.74) is 0.0977. The highest BCUT2D eigenvalue weighted by molar-refractivity contribution is 8.14. The lowest BCUT2D eigenvalue weighted by atomic mass is 10.2. The Balaban J connectivity index is 2.01. The molecule has 0 N–H and O–H groups in total. The summed E-state index contributed by atoms with van der Waals surface area (Å²) in [5.74, 6) is 0. The fraction of sp³-hybridized carbons (Fsp3) is 0.579. The van der Waals surface area contributed by atoms with Crippen LogP contribution in [0.15, 0.2) is 30.3 Å². The SMILES string of the molecule is COCOC[C@@H]1C[C@H](SC(=O)c2ccccc2)CN1C(=O)OC(C)(C)C. The van der Waals surface area contributed by atoms with Gasteiger partial charge in [0.05, 0.1) is 12.6 Å². The van der Waals surface area contributed by atoms with Gasteiger partial charge >= 0.3 is 6.09 Å². The van der Waals surface area contributed by atoms with Crippen LogP contribution in [0.4, 0.5) is 4.79 Å². The highest BCUT2D eigenvalue weighted by atomic mass is 32.2. The van der Waals surface area contributed by atoms with Crippen LogP contribution in [0.25, 0.3) is 0 Å². The van der Waals surface area contributed by atoms with Crippen LogP contribution in [0.1, 0.15) is 37.6 Å². The van der Waals surface area contributed by atoms with E-state index in [1.54, 1.807) is 24.1 Å². The molecule has 1 aromatic rings. The number of methoxy groups -OCH3 is 1. The summed E-state index contributed by atoms with van der Waals surface area (Å²) in [6, 6.07) is 9.03. The van der Waals surface area contributed by atoms with Gasteiger partial charge in [-0.05, 0) is 27.2 Å². The molecule has 0 unspecified atom stereocenters. The third-order valence-corrected chi connectivity index (χ3v) is 4.92. The highest BCUT2D eigenvalue weighted by Crippen LogP contribution is 2.31. The largest absolute Gasteiger partial charge is 0.444 e. The minimum Gasteiger partial charge on any atom is -0.444 e. The fourth-order valence-corrected chi connectivity index (χ4v) is 3.85. The molecule has 0 spiro atoms. The highest BCUT2D eigenvalue weighted by Gasteiger charge is 2.38. The molecule has 1 aliphatic heterocycles. The molecule has 0 bridgehead atoms. The standard InChI is InChI=1S/C19H27NO5S/c1-19(2,3)25-18(22)20-11-16(10-15(20)12-24-13-23-4)26-17(21)14-8-6-5-7-9-14/h5-9,15-16H,10-13H2,1-4H3/t15-,16-/m0/s1. The number of carbonyl (C=O) groups is 2. The van der Waals surface area contributed by atoms with E-state index in [2.05, 4.69) is 0 Å². The summed E-state index contributed by atoms with van der Waals surface area (Å²) < 4.78 is 15.9. The molecule has 1 aliphatic rings. The second-order valence-electron chi connectivity index (χ2n) is 7.19. The lowest BCUT2D eigenvalue weighted by Crippen LogP contribution is -2.42. The van der Waals surface area contributed by atoms with Gasteiger partial charge in [-0.3, -0.25) is 4.79 Å². The third-order valence-electron chi connectivity index (χ3n) is 3.80. The maximum Gasteiger partial charge on any atom is 0.410 e. The van der Waals surface area contributed by atoms with Gasteiger partial charge in [-0.15, -0.1) is 0 Å². The van der Waals surface area contributed by atoms with Crippen LogP contribution in [-0.4, -0.2) is 60.1 Å². The van der Waals surface area contributed by atoms with Crippen molar-refractivity contribution in [3.05, 3.63) is 35.9 Å². The zero-order valence-corrected chi connectivity index (χ0v) is 16.6. The first-order valence-corrected chi connectivity index (χ1v) is 9.50. The van der Waals surface area contributed by atoms with Gasteiger partial charge < -0.3 is 19.1 Å². The Labute approximate surface area is 159 Å². The molecule has 0 aromatic heterocycles. The Morgan fingerprint density at radius 1 is 1.23 bits per heavy atom. The minimum absolute atomic E-state index is 0.00590. The van der Waals surface area contributed by atoms with E-state index in [0.717, 1.165) is 0 Å². The van der Waals surface area contributed by atoms with Crippen LogP contribution in [-0.2, 0) is 14.2 Å². The van der Waals surface area contributed by atoms with Crippen molar-refractivity contribution in [3.8, 4) is 0 Å². The normalized spacial score (nSPS) is 20.2. The van der Waals surface area contributed by atoms with Crippen molar-refractivity contribution in [1.29, 1.82) is 0 Å². The molecule has 0 radical (unpaired) electrons. The van der Waals surface area contributed by atoms with E-state index in [9.17, 15) is 9.59 Å². The van der Waals surface area contributed by atoms with Crippen molar-refractivity contribution in [2.75, 3.05) is 27.1 Å². The Hall–Kier alpha value is -1.57. The minimum atomic E-state index is -0.569. The molecule has 6 nitrogen and oxygen atoms in total. The molecular weight excluding hydrogens is 354 g/mol. The van der Waals surface area contributed by atoms with Crippen LogP contribution in [0.5, 0.6) is 0 Å². The topological polar surface area (TPSA) is 65.1 Å². The van der Waals surface area contributed by atoms with Crippen molar-refractivity contribution in [2.24, 2.45) is 0 Å². The van der Waals surface area contributed by atoms with Crippen molar-refractivity contribution in [3.63, 3.8) is 0 Å². The summed E-state index contributed by atoms with van der Waals surface area (Å²) in [7, 11) is 1.55. The number of hydrogen-bond donors (Lipinski definition) is 0. The number of thioether (sulfide) groups is 1. The first kappa shape index (κ1) is 20.7. The Morgan fingerprint density at radius 2 is 1.92 bits per heavy atom. The van der Waals surface area contributed by atoms with Gasteiger partial charge in [-0.25, -0.2) is 4.79 Å². The number of likely N-dealkylation sites (tertiary alicyclic amines) is 1. The number of ether oxygens (including phenoxy) is 3. The summed E-state index contributed by atoms with van der Waals surface area (Å²) in [6.45, 7) is 6.48. The van der Waals surface area contributed by atoms with Gasteiger partial charge in [0.15, 0.2) is 0 Å². The molecule has 144 valence electrons. The zero-order chi connectivity index (χ0) is 19.2. The van der Waals surface area contributed by atoms with Crippen LogP contribution in [0.2, 0.25) is 0 Å². The molecule has 7 heteroatoms. The second kappa shape index (κ2) is 9.39. The molecule has 0 aliphatic carbocycles. The fourth-order valence-electron chi connectivity index (χ4n) is 2.72. The van der Waals surface area contributed by atoms with Gasteiger partial charge in [0.1, 0.15) is 12.4 Å². The maximum absolute atomic E-state index is 12.5. The van der Waals surface area contributed by atoms with Crippen LogP contribution in [0.3, 0.4) is 0 Å². The lowest BCUT2D eigenvalue weighted by molar-refractivity contribution is -0.0497. The average Bonchev–Trinajstić information content (AvgIpc) is 2.97. The molecule has 1 fully saturated rings. The molecule has 26 heavy (non-hydrogen) atoms. The smallest absolute Gasteiger partial charge is 0.410 e. The molecule has 1 saturated heterocycles. The Bertz CT molecular complexity index is 602. The predicted molar refractivity (Wildman–Crippen MR) is 101 cm³/mol. The first-order chi connectivity index (χ1) is 12.3. The van der Waals surface area contributed by atoms with Gasteiger partial charge in [0.2, 0.25) is 5.12 Å². The van der Waals surface area contributed by atoms with Crippen molar-refractivity contribution in [2.45, 2.75) is 44.1 Å². The van der Waals surface area contributed by atoms with Crippen molar-refractivity contribution >= 4 is 23.0 Å². The van der Waals surface area contributed by atoms with E-state index in [4.69, 9.17) is 14.2 Å². The number of nitrogens with zero attached hydrogens (tertiary/aromatic N) is 1. The van der Waals surface area contributed by atoms with Crippen LogP contribution in [0, 0.1) is 0 Å². The van der Waals surface area contributed by atoms with E-state index in [1.165, 1.54) is 11.8 Å². The molecule has 1 aromatic carbocycles. The zero-order valence-electron chi connectivity index (χ0n) is 15.8. The van der Waals surface area contributed by atoms with Gasteiger partial charge in [-0.2, -0.15) is 0 Å². The Morgan fingerprint density at radius 3 is 2.54 bits per heavy atom. The van der Waals surface area contributed by atoms with E-state index >= 15 is 0 Å². The molecule has 1 amide bonds. The second-order valence-corrected chi connectivity index (χ2v) is 8.47. The number of carbonyl (C=O) groups excluding carboxylic acids is 2. The maximum atomic E-state index is 12.5. The molecule has 0 saturated carbocycles. The average molecular weight is 381 g/mol. The summed E-state index contributed by atoms with van der Waals surface area (Å²) >= 11 is 1.27. The first-order valence-electron chi connectivity index (χ1n) is 8.62. The van der Waals surface area contributed by atoms with Crippen molar-refractivity contribution < 1.29 is 23.8 Å². The number of benzene rings is 1. The van der Waals surface area contributed by atoms with E-state index in [1.807, 2.05) is 39.0 Å². The van der Waals surface area contributed by atoms with Crippen LogP contribution >= 0.6 is 11.8 Å². The van der Waals surface area contributed by atoms with Gasteiger partial charge in [0, 0.05) is 24.5 Å². The van der Waals surface area contributed by atoms with Gasteiger partial charge in [0.25, 0.3) is 0 Å². The van der Waals surface area contributed by atoms with Crippen LogP contribution < -0.4 is 0 Å². The number of amides is 1. The van der Waals surface area contributed by atoms with E-state index in [0.29, 0.717) is 25.1 Å². The molecule has 1 heterocycles. The monoisotopic (exact) mass is 381 g/mol. The summed E-state index contributed by atoms with van der Waals surface area (Å²) in [4.78, 5) is 26.6. The van der Waals surface area contributed by atoms with E-state index in [-0.39, 0.29) is 29.3 Å². The number of hydrogen-bond acceptors (Lipinski definition) is 6. The third kappa shape index (κ3) is 6.30. The predicted octanol–water partition coefficient (Wildman–Crippen LogP) is 3.56. The van der Waals surface area contributed by atoms with Gasteiger partial charge in [-0.1, -0.05) is 42.1 Å². The summed E-state index contributed by atoms with van der Waals surface area (Å²) in [6.07, 6.45) is 0.297. The van der Waals surface area contributed by atoms with E-state index < -0.39 is 5.60 Å². The summed E-state index contributed by atoms with van der Waals surface area (Å²) in [5, 5.41) is 0.0181. The molecule has 2 atom stereocenters. The number of rotatable bonds is 6. The van der Waals surface area contributed by atoms with Crippen molar-refractivity contribution in [1.82, 2.24) is 4.90 Å². The lowest BCUT2D eigenvalue weighted by Gasteiger charge is -2.28. The quantitative estimate of drug-likeness (QED) is 0.555. The Kier molecular flexibility index (Phi) is 7.49. The molecule has 2 rings (SSSR count).